The SMILES string of the molecule is CC(NC(=O)c1ccoc1)C(=O)NN=C(c1ccccc1)c1ccccc1. The molecular weight excluding hydrogens is 342 g/mol. The molecule has 1 aromatic heterocycles. The van der Waals surface area contributed by atoms with Gasteiger partial charge in [-0.05, 0) is 13.0 Å². The van der Waals surface area contributed by atoms with Crippen molar-refractivity contribution in [2.75, 3.05) is 0 Å². The highest BCUT2D eigenvalue weighted by molar-refractivity contribution is 6.13. The Hall–Kier alpha value is -3.67. The van der Waals surface area contributed by atoms with E-state index in [4.69, 9.17) is 4.42 Å². The van der Waals surface area contributed by atoms with E-state index in [9.17, 15) is 9.59 Å². The van der Waals surface area contributed by atoms with Crippen LogP contribution >= 0.6 is 0 Å². The predicted octanol–water partition coefficient (Wildman–Crippen LogP) is 2.97. The number of furan rings is 1. The first-order valence-electron chi connectivity index (χ1n) is 8.46. The van der Waals surface area contributed by atoms with Gasteiger partial charge < -0.3 is 9.73 Å². The highest BCUT2D eigenvalue weighted by Crippen LogP contribution is 2.10. The minimum atomic E-state index is -0.760. The lowest BCUT2D eigenvalue weighted by atomic mass is 10.0. The smallest absolute Gasteiger partial charge is 0.262 e. The maximum atomic E-state index is 12.4. The Morgan fingerprint density at radius 3 is 2.00 bits per heavy atom. The van der Waals surface area contributed by atoms with Crippen molar-refractivity contribution in [2.45, 2.75) is 13.0 Å². The van der Waals surface area contributed by atoms with E-state index in [1.807, 2.05) is 60.7 Å². The fraction of sp³-hybridized carbons (Fsp3) is 0.0952. The number of amides is 2. The molecule has 3 aromatic rings. The van der Waals surface area contributed by atoms with Crippen LogP contribution in [0.15, 0.2) is 88.8 Å². The topological polar surface area (TPSA) is 83.7 Å². The largest absolute Gasteiger partial charge is 0.472 e. The number of carbonyl (C=O) groups is 2. The summed E-state index contributed by atoms with van der Waals surface area (Å²) in [6.07, 6.45) is 2.72. The van der Waals surface area contributed by atoms with Gasteiger partial charge in [-0.25, -0.2) is 5.43 Å². The maximum Gasteiger partial charge on any atom is 0.262 e. The summed E-state index contributed by atoms with van der Waals surface area (Å²) in [6, 6.07) is 19.9. The highest BCUT2D eigenvalue weighted by atomic mass is 16.3. The first-order valence-corrected chi connectivity index (χ1v) is 8.46. The van der Waals surface area contributed by atoms with Gasteiger partial charge in [0, 0.05) is 11.1 Å². The van der Waals surface area contributed by atoms with Gasteiger partial charge in [0.1, 0.15) is 12.3 Å². The van der Waals surface area contributed by atoms with Crippen LogP contribution in [0, 0.1) is 0 Å². The van der Waals surface area contributed by atoms with Crippen molar-refractivity contribution in [3.63, 3.8) is 0 Å². The van der Waals surface area contributed by atoms with Gasteiger partial charge in [-0.1, -0.05) is 60.7 Å². The van der Waals surface area contributed by atoms with Crippen LogP contribution in [-0.2, 0) is 4.79 Å². The molecule has 1 heterocycles. The normalized spacial score (nSPS) is 11.3. The summed E-state index contributed by atoms with van der Waals surface area (Å²) in [6.45, 7) is 1.59. The molecule has 0 aliphatic heterocycles. The third kappa shape index (κ3) is 4.70. The average Bonchev–Trinajstić information content (AvgIpc) is 3.24. The van der Waals surface area contributed by atoms with Gasteiger partial charge in [0.25, 0.3) is 11.8 Å². The van der Waals surface area contributed by atoms with E-state index in [1.54, 1.807) is 6.92 Å². The van der Waals surface area contributed by atoms with Gasteiger partial charge in [0.2, 0.25) is 0 Å². The first kappa shape index (κ1) is 18.1. The molecule has 1 unspecified atom stereocenters. The zero-order valence-corrected chi connectivity index (χ0v) is 14.8. The molecule has 0 saturated carbocycles. The van der Waals surface area contributed by atoms with E-state index in [0.717, 1.165) is 11.1 Å². The molecule has 3 rings (SSSR count). The van der Waals surface area contributed by atoms with Gasteiger partial charge in [0.05, 0.1) is 17.5 Å². The average molecular weight is 361 g/mol. The van der Waals surface area contributed by atoms with Crippen LogP contribution in [0.2, 0.25) is 0 Å². The van der Waals surface area contributed by atoms with E-state index in [2.05, 4.69) is 15.8 Å². The fourth-order valence-electron chi connectivity index (χ4n) is 2.43. The summed E-state index contributed by atoms with van der Waals surface area (Å²) in [5, 5.41) is 6.91. The van der Waals surface area contributed by atoms with E-state index in [-0.39, 0.29) is 5.91 Å². The maximum absolute atomic E-state index is 12.4. The third-order valence-corrected chi connectivity index (χ3v) is 3.90. The summed E-state index contributed by atoms with van der Waals surface area (Å²) in [4.78, 5) is 24.4. The van der Waals surface area contributed by atoms with Crippen molar-refractivity contribution in [1.29, 1.82) is 0 Å². The van der Waals surface area contributed by atoms with E-state index < -0.39 is 11.9 Å². The van der Waals surface area contributed by atoms with Gasteiger partial charge in [-0.15, -0.1) is 0 Å². The first-order chi connectivity index (χ1) is 13.1. The lowest BCUT2D eigenvalue weighted by molar-refractivity contribution is -0.122. The number of nitrogens with one attached hydrogen (secondary N) is 2. The molecule has 2 N–H and O–H groups in total. The molecule has 2 aromatic carbocycles. The van der Waals surface area contributed by atoms with Crippen LogP contribution in [0.5, 0.6) is 0 Å². The third-order valence-electron chi connectivity index (χ3n) is 3.90. The minimum Gasteiger partial charge on any atom is -0.472 e. The summed E-state index contributed by atoms with van der Waals surface area (Å²) >= 11 is 0. The second kappa shape index (κ2) is 8.62. The Morgan fingerprint density at radius 1 is 0.889 bits per heavy atom. The quantitative estimate of drug-likeness (QED) is 0.523. The second-order valence-electron chi connectivity index (χ2n) is 5.88. The Morgan fingerprint density at radius 2 is 1.48 bits per heavy atom. The Bertz CT molecular complexity index is 878. The van der Waals surface area contributed by atoms with Crippen molar-refractivity contribution in [3.05, 3.63) is 95.9 Å². The number of benzene rings is 2. The Labute approximate surface area is 156 Å². The Balaban J connectivity index is 1.74. The van der Waals surface area contributed by atoms with Crippen LogP contribution in [0.4, 0.5) is 0 Å². The zero-order chi connectivity index (χ0) is 19.1. The molecule has 0 saturated heterocycles. The van der Waals surface area contributed by atoms with Crippen molar-refractivity contribution in [1.82, 2.24) is 10.7 Å². The lowest BCUT2D eigenvalue weighted by Gasteiger charge is -2.13. The lowest BCUT2D eigenvalue weighted by Crippen LogP contribution is -2.43. The van der Waals surface area contributed by atoms with E-state index in [0.29, 0.717) is 11.3 Å². The number of rotatable bonds is 6. The molecule has 0 aliphatic rings. The van der Waals surface area contributed by atoms with Crippen LogP contribution in [-0.4, -0.2) is 23.6 Å². The summed E-state index contributed by atoms with van der Waals surface area (Å²) < 4.78 is 4.87. The van der Waals surface area contributed by atoms with Crippen LogP contribution in [0.1, 0.15) is 28.4 Å². The summed E-state index contributed by atoms with van der Waals surface area (Å²) in [5.41, 5.74) is 5.28. The molecule has 0 fully saturated rings. The Kier molecular flexibility index (Phi) is 5.79. The second-order valence-corrected chi connectivity index (χ2v) is 5.88. The van der Waals surface area contributed by atoms with Crippen molar-refractivity contribution in [2.24, 2.45) is 5.10 Å². The van der Waals surface area contributed by atoms with Crippen LogP contribution in [0.3, 0.4) is 0 Å². The number of nitrogens with zero attached hydrogens (tertiary/aromatic N) is 1. The fourth-order valence-corrected chi connectivity index (χ4v) is 2.43. The number of hydrazone groups is 1. The highest BCUT2D eigenvalue weighted by Gasteiger charge is 2.17. The van der Waals surface area contributed by atoms with Crippen molar-refractivity contribution in [3.8, 4) is 0 Å². The van der Waals surface area contributed by atoms with E-state index >= 15 is 0 Å². The zero-order valence-electron chi connectivity index (χ0n) is 14.8. The van der Waals surface area contributed by atoms with Gasteiger partial charge in [0.15, 0.2) is 0 Å². The molecule has 6 nitrogen and oxygen atoms in total. The number of carbonyl (C=O) groups excluding carboxylic acids is 2. The van der Waals surface area contributed by atoms with Crippen LogP contribution in [0.25, 0.3) is 0 Å². The van der Waals surface area contributed by atoms with Gasteiger partial charge in [-0.2, -0.15) is 5.10 Å². The monoisotopic (exact) mass is 361 g/mol. The number of hydrogen-bond donors (Lipinski definition) is 2. The standard InChI is InChI=1S/C21H19N3O3/c1-15(22-21(26)18-12-13-27-14-18)20(25)24-23-19(16-8-4-2-5-9-16)17-10-6-3-7-11-17/h2-15H,1H3,(H,22,26)(H,24,25). The molecule has 27 heavy (non-hydrogen) atoms. The summed E-state index contributed by atoms with van der Waals surface area (Å²) in [5.74, 6) is -0.807. The minimum absolute atomic E-state index is 0.354. The number of hydrogen-bond acceptors (Lipinski definition) is 4. The summed E-state index contributed by atoms with van der Waals surface area (Å²) in [7, 11) is 0. The molecular formula is C21H19N3O3. The molecule has 6 heteroatoms. The van der Waals surface area contributed by atoms with Crippen molar-refractivity contribution < 1.29 is 14.0 Å². The molecule has 1 atom stereocenters. The molecule has 0 spiro atoms. The molecule has 0 aliphatic carbocycles. The molecule has 136 valence electrons. The molecule has 0 radical (unpaired) electrons. The van der Waals surface area contributed by atoms with Gasteiger partial charge >= 0.3 is 0 Å². The van der Waals surface area contributed by atoms with Crippen LogP contribution < -0.4 is 10.7 Å². The van der Waals surface area contributed by atoms with E-state index in [1.165, 1.54) is 18.6 Å². The van der Waals surface area contributed by atoms with Crippen molar-refractivity contribution >= 4 is 17.5 Å². The molecule has 2 amide bonds. The molecule has 0 bridgehead atoms. The predicted molar refractivity (Wildman–Crippen MR) is 102 cm³/mol. The van der Waals surface area contributed by atoms with Gasteiger partial charge in [-0.3, -0.25) is 9.59 Å².